The Labute approximate surface area is 145 Å². The van der Waals surface area contributed by atoms with Gasteiger partial charge in [-0.15, -0.1) is 5.10 Å². The van der Waals surface area contributed by atoms with Gasteiger partial charge in [-0.25, -0.2) is 13.9 Å². The number of likely N-dealkylation sites (tertiary alicyclic amines) is 1. The number of hydrogen-bond acceptors (Lipinski definition) is 4. The second-order valence-electron chi connectivity index (χ2n) is 7.62. The zero-order valence-corrected chi connectivity index (χ0v) is 14.2. The highest BCUT2D eigenvalue weighted by Crippen LogP contribution is 2.38. The molecule has 0 aromatic carbocycles. The summed E-state index contributed by atoms with van der Waals surface area (Å²) in [5.41, 5.74) is 3.09. The molecule has 5 rings (SSSR count). The van der Waals surface area contributed by atoms with Crippen molar-refractivity contribution in [3.05, 3.63) is 24.3 Å². The number of nitrogens with zero attached hydrogens (tertiary/aromatic N) is 5. The molecule has 2 fully saturated rings. The second-order valence-corrected chi connectivity index (χ2v) is 7.62. The predicted molar refractivity (Wildman–Crippen MR) is 93.3 cm³/mol. The Morgan fingerprint density at radius 1 is 1.20 bits per heavy atom. The molecule has 7 heteroatoms. The van der Waals surface area contributed by atoms with E-state index in [1.807, 2.05) is 6.20 Å². The average molecular weight is 342 g/mol. The van der Waals surface area contributed by atoms with Crippen LogP contribution in [0.2, 0.25) is 0 Å². The van der Waals surface area contributed by atoms with Gasteiger partial charge in [0.25, 0.3) is 0 Å². The standard InChI is InChI=1S/C18H23FN6/c19-14-6-8-24(10-14)9-12-1-3-13(4-2-12)16-17-15-5-7-20-18(15)21-11-25(17)23-22-16/h5,7,11-14,20H,1-4,6,8-10H2/t12?,13?,14-/m0/s1. The molecular formula is C18H23FN6. The van der Waals surface area contributed by atoms with Crippen LogP contribution in [0.1, 0.15) is 43.7 Å². The molecule has 0 bridgehead atoms. The summed E-state index contributed by atoms with van der Waals surface area (Å²) in [5.74, 6) is 1.15. The number of rotatable bonds is 3. The molecule has 1 N–H and O–H groups in total. The van der Waals surface area contributed by atoms with Gasteiger partial charge < -0.3 is 9.88 Å². The zero-order valence-electron chi connectivity index (χ0n) is 14.2. The van der Waals surface area contributed by atoms with Gasteiger partial charge in [-0.05, 0) is 44.1 Å². The lowest BCUT2D eigenvalue weighted by atomic mass is 9.80. The molecule has 0 unspecified atom stereocenters. The van der Waals surface area contributed by atoms with E-state index < -0.39 is 6.17 Å². The number of aromatic amines is 1. The first kappa shape index (κ1) is 15.3. The number of hydrogen-bond donors (Lipinski definition) is 1. The fourth-order valence-electron chi connectivity index (χ4n) is 4.63. The fourth-order valence-corrected chi connectivity index (χ4v) is 4.63. The summed E-state index contributed by atoms with van der Waals surface area (Å²) in [5, 5.41) is 9.85. The molecule has 1 saturated heterocycles. The van der Waals surface area contributed by atoms with Crippen LogP contribution < -0.4 is 0 Å². The van der Waals surface area contributed by atoms with Crippen molar-refractivity contribution in [2.75, 3.05) is 19.6 Å². The summed E-state index contributed by atoms with van der Waals surface area (Å²) in [7, 11) is 0. The van der Waals surface area contributed by atoms with E-state index in [4.69, 9.17) is 0 Å². The van der Waals surface area contributed by atoms with E-state index >= 15 is 0 Å². The van der Waals surface area contributed by atoms with Gasteiger partial charge in [0.1, 0.15) is 23.7 Å². The van der Waals surface area contributed by atoms with Crippen molar-refractivity contribution in [3.63, 3.8) is 0 Å². The van der Waals surface area contributed by atoms with Crippen LogP contribution in [0.25, 0.3) is 16.6 Å². The lowest BCUT2D eigenvalue weighted by Gasteiger charge is -2.30. The molecule has 0 spiro atoms. The quantitative estimate of drug-likeness (QED) is 0.795. The number of alkyl halides is 1. The Hall–Kier alpha value is -2.02. The summed E-state index contributed by atoms with van der Waals surface area (Å²) >= 11 is 0. The largest absolute Gasteiger partial charge is 0.346 e. The lowest BCUT2D eigenvalue weighted by Crippen LogP contribution is -2.30. The molecule has 25 heavy (non-hydrogen) atoms. The molecule has 1 aliphatic carbocycles. The molecule has 4 heterocycles. The molecule has 3 aromatic heterocycles. The SMILES string of the molecule is F[C@H]1CCN(CC2CCC(c3nnn4cnc5[nH]ccc5c34)CC2)C1. The van der Waals surface area contributed by atoms with Crippen LogP contribution in [0.15, 0.2) is 18.6 Å². The number of aromatic nitrogens is 5. The van der Waals surface area contributed by atoms with Crippen LogP contribution in [-0.2, 0) is 0 Å². The summed E-state index contributed by atoms with van der Waals surface area (Å²) in [4.78, 5) is 9.84. The van der Waals surface area contributed by atoms with E-state index in [1.54, 1.807) is 10.8 Å². The van der Waals surface area contributed by atoms with E-state index in [1.165, 1.54) is 12.8 Å². The van der Waals surface area contributed by atoms with E-state index in [-0.39, 0.29) is 0 Å². The molecule has 1 aliphatic heterocycles. The molecule has 6 nitrogen and oxygen atoms in total. The molecule has 0 amide bonds. The molecule has 1 atom stereocenters. The number of halogens is 1. The van der Waals surface area contributed by atoms with E-state index in [9.17, 15) is 4.39 Å². The number of H-pyrrole nitrogens is 1. The van der Waals surface area contributed by atoms with Gasteiger partial charge in [0.15, 0.2) is 0 Å². The minimum absolute atomic E-state index is 0.460. The first-order chi connectivity index (χ1) is 12.3. The molecular weight excluding hydrogens is 319 g/mol. The molecule has 132 valence electrons. The summed E-state index contributed by atoms with van der Waals surface area (Å²) in [6, 6.07) is 2.05. The zero-order chi connectivity index (χ0) is 16.8. The first-order valence-corrected chi connectivity index (χ1v) is 9.31. The number of nitrogens with one attached hydrogen (secondary N) is 1. The lowest BCUT2D eigenvalue weighted by molar-refractivity contribution is 0.210. The summed E-state index contributed by atoms with van der Waals surface area (Å²) in [6.07, 6.45) is 8.41. The van der Waals surface area contributed by atoms with Gasteiger partial charge in [-0.2, -0.15) is 0 Å². The van der Waals surface area contributed by atoms with Gasteiger partial charge in [-0.3, -0.25) is 0 Å². The smallest absolute Gasteiger partial charge is 0.141 e. The Kier molecular flexibility index (Phi) is 3.69. The van der Waals surface area contributed by atoms with Crippen LogP contribution >= 0.6 is 0 Å². The Bertz CT molecular complexity index is 878. The van der Waals surface area contributed by atoms with Crippen molar-refractivity contribution < 1.29 is 4.39 Å². The van der Waals surface area contributed by atoms with Crippen molar-refractivity contribution in [1.29, 1.82) is 0 Å². The van der Waals surface area contributed by atoms with Crippen LogP contribution in [0, 0.1) is 5.92 Å². The van der Waals surface area contributed by atoms with Crippen molar-refractivity contribution in [3.8, 4) is 0 Å². The molecule has 2 aliphatic rings. The van der Waals surface area contributed by atoms with Crippen LogP contribution in [-0.4, -0.2) is 55.5 Å². The Morgan fingerprint density at radius 3 is 2.88 bits per heavy atom. The first-order valence-electron chi connectivity index (χ1n) is 9.31. The maximum atomic E-state index is 13.4. The monoisotopic (exact) mass is 342 g/mol. The van der Waals surface area contributed by atoms with Crippen molar-refractivity contribution in [2.45, 2.75) is 44.2 Å². The highest BCUT2D eigenvalue weighted by molar-refractivity contribution is 5.92. The van der Waals surface area contributed by atoms with Crippen molar-refractivity contribution in [1.82, 2.24) is 29.7 Å². The van der Waals surface area contributed by atoms with Crippen molar-refractivity contribution in [2.24, 2.45) is 5.92 Å². The average Bonchev–Trinajstić information content (AvgIpc) is 3.34. The number of fused-ring (bicyclic) bond motifs is 3. The predicted octanol–water partition coefficient (Wildman–Crippen LogP) is 2.92. The van der Waals surface area contributed by atoms with Crippen LogP contribution in [0.4, 0.5) is 4.39 Å². The van der Waals surface area contributed by atoms with Crippen molar-refractivity contribution >= 4 is 16.6 Å². The summed E-state index contributed by atoms with van der Waals surface area (Å²) in [6.45, 7) is 2.62. The van der Waals surface area contributed by atoms with Gasteiger partial charge >= 0.3 is 0 Å². The van der Waals surface area contributed by atoms with Gasteiger partial charge in [0.05, 0.1) is 5.69 Å². The fraction of sp³-hybridized carbons (Fsp3) is 0.611. The Morgan fingerprint density at radius 2 is 2.08 bits per heavy atom. The third kappa shape index (κ3) is 2.70. The second kappa shape index (κ2) is 6.05. The summed E-state index contributed by atoms with van der Waals surface area (Å²) < 4.78 is 15.2. The Balaban J connectivity index is 1.32. The minimum Gasteiger partial charge on any atom is -0.346 e. The van der Waals surface area contributed by atoms with Gasteiger partial charge in [0.2, 0.25) is 0 Å². The van der Waals surface area contributed by atoms with E-state index in [2.05, 4.69) is 31.2 Å². The van der Waals surface area contributed by atoms with E-state index in [0.717, 1.165) is 48.2 Å². The molecule has 3 aromatic rings. The van der Waals surface area contributed by atoms with Gasteiger partial charge in [-0.1, -0.05) is 5.21 Å². The van der Waals surface area contributed by atoms with Gasteiger partial charge in [0, 0.05) is 37.1 Å². The molecule has 1 saturated carbocycles. The maximum absolute atomic E-state index is 13.4. The highest BCUT2D eigenvalue weighted by Gasteiger charge is 2.29. The van der Waals surface area contributed by atoms with E-state index in [0.29, 0.717) is 24.8 Å². The van der Waals surface area contributed by atoms with Crippen LogP contribution in [0.5, 0.6) is 0 Å². The highest BCUT2D eigenvalue weighted by atomic mass is 19.1. The van der Waals surface area contributed by atoms with Crippen LogP contribution in [0.3, 0.4) is 0 Å². The molecule has 0 radical (unpaired) electrons. The normalized spacial score (nSPS) is 28.3. The maximum Gasteiger partial charge on any atom is 0.141 e. The third-order valence-corrected chi connectivity index (χ3v) is 5.96. The minimum atomic E-state index is -0.614. The topological polar surface area (TPSA) is 62.1 Å². The third-order valence-electron chi connectivity index (χ3n) is 5.96.